The summed E-state index contributed by atoms with van der Waals surface area (Å²) in [6.07, 6.45) is -0.829. The number of phenols is 1. The number of hydrogen-bond acceptors (Lipinski definition) is 3. The quantitative estimate of drug-likeness (QED) is 0.743. The standard InChI is InChI=1S/C12H14BrNO4/c13-7-1-2-9(11(16)5-7)10-6-8(15)3-4-14(10)12(17)18/h1-2,5,8,10,15-16H,3-4,6H2,(H,17,18). The number of hydrogen-bond donors (Lipinski definition) is 3. The Morgan fingerprint density at radius 1 is 1.44 bits per heavy atom. The van der Waals surface area contributed by atoms with Crippen molar-refractivity contribution in [2.45, 2.75) is 25.0 Å². The zero-order valence-electron chi connectivity index (χ0n) is 9.58. The first-order chi connectivity index (χ1) is 8.49. The zero-order valence-corrected chi connectivity index (χ0v) is 11.2. The molecule has 5 nitrogen and oxygen atoms in total. The summed E-state index contributed by atoms with van der Waals surface area (Å²) < 4.78 is 0.724. The molecule has 1 aromatic rings. The molecule has 1 fully saturated rings. The number of aliphatic hydroxyl groups excluding tert-OH is 1. The molecule has 1 aliphatic heterocycles. The highest BCUT2D eigenvalue weighted by Gasteiger charge is 2.33. The number of halogens is 1. The fraction of sp³-hybridized carbons (Fsp3) is 0.417. The van der Waals surface area contributed by atoms with Crippen LogP contribution < -0.4 is 0 Å². The SMILES string of the molecule is O=C(O)N1CCC(O)CC1c1ccc(Br)cc1O. The topological polar surface area (TPSA) is 81.0 Å². The number of benzene rings is 1. The molecule has 2 rings (SSSR count). The van der Waals surface area contributed by atoms with Gasteiger partial charge in [0.15, 0.2) is 0 Å². The lowest BCUT2D eigenvalue weighted by molar-refractivity contribution is 0.0418. The molecule has 3 N–H and O–H groups in total. The van der Waals surface area contributed by atoms with Crippen LogP contribution in [0.25, 0.3) is 0 Å². The molecule has 98 valence electrons. The van der Waals surface area contributed by atoms with Crippen molar-refractivity contribution in [1.29, 1.82) is 0 Å². The average molecular weight is 316 g/mol. The van der Waals surface area contributed by atoms with Crippen LogP contribution in [0.2, 0.25) is 0 Å². The number of likely N-dealkylation sites (tertiary alicyclic amines) is 1. The van der Waals surface area contributed by atoms with Gasteiger partial charge in [-0.1, -0.05) is 22.0 Å². The van der Waals surface area contributed by atoms with Gasteiger partial charge in [-0.15, -0.1) is 0 Å². The number of rotatable bonds is 1. The van der Waals surface area contributed by atoms with E-state index < -0.39 is 18.2 Å². The fourth-order valence-corrected chi connectivity index (χ4v) is 2.62. The van der Waals surface area contributed by atoms with Gasteiger partial charge >= 0.3 is 6.09 Å². The normalized spacial score (nSPS) is 24.0. The molecule has 1 amide bonds. The number of amides is 1. The van der Waals surface area contributed by atoms with E-state index in [0.717, 1.165) is 4.47 Å². The van der Waals surface area contributed by atoms with Crippen molar-refractivity contribution in [2.24, 2.45) is 0 Å². The van der Waals surface area contributed by atoms with E-state index in [1.165, 1.54) is 11.0 Å². The van der Waals surface area contributed by atoms with Crippen LogP contribution in [0.1, 0.15) is 24.4 Å². The Kier molecular flexibility index (Phi) is 3.77. The van der Waals surface area contributed by atoms with E-state index in [9.17, 15) is 15.0 Å². The van der Waals surface area contributed by atoms with E-state index in [2.05, 4.69) is 15.9 Å². The zero-order chi connectivity index (χ0) is 13.3. The van der Waals surface area contributed by atoms with Gasteiger partial charge in [0.05, 0.1) is 12.1 Å². The smallest absolute Gasteiger partial charge is 0.407 e. The molecule has 6 heteroatoms. The van der Waals surface area contributed by atoms with Gasteiger partial charge in [0.2, 0.25) is 0 Å². The number of carboxylic acid groups (broad SMARTS) is 1. The summed E-state index contributed by atoms with van der Waals surface area (Å²) in [7, 11) is 0. The first-order valence-electron chi connectivity index (χ1n) is 5.65. The van der Waals surface area contributed by atoms with Gasteiger partial charge in [-0.05, 0) is 25.0 Å². The van der Waals surface area contributed by atoms with Gasteiger partial charge in [-0.3, -0.25) is 0 Å². The van der Waals surface area contributed by atoms with Gasteiger partial charge < -0.3 is 20.2 Å². The second-order valence-electron chi connectivity index (χ2n) is 4.37. The maximum atomic E-state index is 11.2. The third-order valence-corrected chi connectivity index (χ3v) is 3.67. The highest BCUT2D eigenvalue weighted by molar-refractivity contribution is 9.10. The first kappa shape index (κ1) is 13.2. The number of phenolic OH excluding ortho intramolecular Hbond substituents is 1. The van der Waals surface area contributed by atoms with Crippen molar-refractivity contribution in [3.63, 3.8) is 0 Å². The number of aromatic hydroxyl groups is 1. The average Bonchev–Trinajstić information content (AvgIpc) is 2.28. The molecule has 0 radical (unpaired) electrons. The Morgan fingerprint density at radius 3 is 2.78 bits per heavy atom. The predicted octanol–water partition coefficient (Wildman–Crippen LogP) is 2.33. The van der Waals surface area contributed by atoms with Crippen LogP contribution in [0.15, 0.2) is 22.7 Å². The van der Waals surface area contributed by atoms with Crippen LogP contribution in [-0.4, -0.2) is 39.0 Å². The Bertz CT molecular complexity index is 465. The highest BCUT2D eigenvalue weighted by atomic mass is 79.9. The van der Waals surface area contributed by atoms with Crippen molar-refractivity contribution in [1.82, 2.24) is 4.90 Å². The number of aliphatic hydroxyl groups is 1. The molecule has 1 aliphatic rings. The molecule has 0 spiro atoms. The van der Waals surface area contributed by atoms with Crippen molar-refractivity contribution >= 4 is 22.0 Å². The summed E-state index contributed by atoms with van der Waals surface area (Å²) in [6.45, 7) is 0.274. The van der Waals surface area contributed by atoms with Crippen LogP contribution in [-0.2, 0) is 0 Å². The van der Waals surface area contributed by atoms with Crippen molar-refractivity contribution in [2.75, 3.05) is 6.54 Å². The van der Waals surface area contributed by atoms with E-state index in [-0.39, 0.29) is 12.3 Å². The van der Waals surface area contributed by atoms with Gasteiger partial charge in [-0.2, -0.15) is 0 Å². The first-order valence-corrected chi connectivity index (χ1v) is 6.44. The molecule has 0 aromatic heterocycles. The molecule has 2 atom stereocenters. The monoisotopic (exact) mass is 315 g/mol. The second-order valence-corrected chi connectivity index (χ2v) is 5.29. The molecule has 0 bridgehead atoms. The van der Waals surface area contributed by atoms with Gasteiger partial charge in [0, 0.05) is 16.6 Å². The molecule has 18 heavy (non-hydrogen) atoms. The van der Waals surface area contributed by atoms with E-state index in [1.54, 1.807) is 12.1 Å². The van der Waals surface area contributed by atoms with Crippen LogP contribution in [0.3, 0.4) is 0 Å². The predicted molar refractivity (Wildman–Crippen MR) is 68.5 cm³/mol. The Morgan fingerprint density at radius 2 is 2.17 bits per heavy atom. The summed E-state index contributed by atoms with van der Waals surface area (Å²) in [5.74, 6) is 0.0368. The minimum Gasteiger partial charge on any atom is -0.508 e. The van der Waals surface area contributed by atoms with Crippen LogP contribution in [0, 0.1) is 0 Å². The van der Waals surface area contributed by atoms with E-state index >= 15 is 0 Å². The summed E-state index contributed by atoms with van der Waals surface area (Å²) in [6, 6.07) is 4.45. The maximum Gasteiger partial charge on any atom is 0.407 e. The Balaban J connectivity index is 2.35. The second kappa shape index (κ2) is 5.16. The van der Waals surface area contributed by atoms with Crippen LogP contribution in [0.4, 0.5) is 4.79 Å². The molecular weight excluding hydrogens is 302 g/mol. The third kappa shape index (κ3) is 2.59. The molecule has 0 saturated carbocycles. The van der Waals surface area contributed by atoms with Gasteiger partial charge in [0.25, 0.3) is 0 Å². The highest BCUT2D eigenvalue weighted by Crippen LogP contribution is 2.36. The van der Waals surface area contributed by atoms with E-state index in [0.29, 0.717) is 18.4 Å². The lowest BCUT2D eigenvalue weighted by Crippen LogP contribution is -2.41. The largest absolute Gasteiger partial charge is 0.508 e. The lowest BCUT2D eigenvalue weighted by atomic mass is 9.93. The van der Waals surface area contributed by atoms with Crippen LogP contribution in [0.5, 0.6) is 5.75 Å². The molecule has 1 aromatic carbocycles. The summed E-state index contributed by atoms with van der Waals surface area (Å²) in [5, 5.41) is 28.7. The Hall–Kier alpha value is -1.27. The molecule has 2 unspecified atom stereocenters. The van der Waals surface area contributed by atoms with Crippen molar-refractivity contribution in [3.8, 4) is 5.75 Å². The number of carbonyl (C=O) groups is 1. The molecule has 0 aliphatic carbocycles. The van der Waals surface area contributed by atoms with Crippen LogP contribution >= 0.6 is 15.9 Å². The molecule has 1 saturated heterocycles. The summed E-state index contributed by atoms with van der Waals surface area (Å²) >= 11 is 3.24. The number of nitrogens with zero attached hydrogens (tertiary/aromatic N) is 1. The summed E-state index contributed by atoms with van der Waals surface area (Å²) in [4.78, 5) is 12.4. The maximum absolute atomic E-state index is 11.2. The fourth-order valence-electron chi connectivity index (χ4n) is 2.27. The minimum absolute atomic E-state index is 0.0368. The van der Waals surface area contributed by atoms with E-state index in [4.69, 9.17) is 5.11 Å². The molecular formula is C12H14BrNO4. The third-order valence-electron chi connectivity index (χ3n) is 3.17. The molecule has 1 heterocycles. The Labute approximate surface area is 113 Å². The van der Waals surface area contributed by atoms with Gasteiger partial charge in [0.1, 0.15) is 5.75 Å². The summed E-state index contributed by atoms with van der Waals surface area (Å²) in [5.41, 5.74) is 0.527. The van der Waals surface area contributed by atoms with Crippen molar-refractivity contribution in [3.05, 3.63) is 28.2 Å². The number of piperidine rings is 1. The lowest BCUT2D eigenvalue weighted by Gasteiger charge is -2.36. The van der Waals surface area contributed by atoms with Gasteiger partial charge in [-0.25, -0.2) is 4.79 Å². The van der Waals surface area contributed by atoms with Crippen molar-refractivity contribution < 1.29 is 20.1 Å². The van der Waals surface area contributed by atoms with E-state index in [1.807, 2.05) is 0 Å². The minimum atomic E-state index is -1.03.